The van der Waals surface area contributed by atoms with Gasteiger partial charge in [-0.15, -0.1) is 10.2 Å². The van der Waals surface area contributed by atoms with Gasteiger partial charge in [0.2, 0.25) is 0 Å². The van der Waals surface area contributed by atoms with Gasteiger partial charge in [0.15, 0.2) is 11.0 Å². The lowest BCUT2D eigenvalue weighted by Gasteiger charge is -2.10. The van der Waals surface area contributed by atoms with Crippen LogP contribution in [-0.2, 0) is 4.79 Å². The third kappa shape index (κ3) is 5.22. The van der Waals surface area contributed by atoms with Crippen molar-refractivity contribution in [3.05, 3.63) is 89.7 Å². The molecule has 0 saturated heterocycles. The summed E-state index contributed by atoms with van der Waals surface area (Å²) in [5.41, 5.74) is 5.96. The molecule has 0 bridgehead atoms. The first-order chi connectivity index (χ1) is 15.6. The summed E-state index contributed by atoms with van der Waals surface area (Å²) in [5, 5.41) is 14.1. The number of carbonyl (C=O) groups is 1. The molecule has 1 N–H and O–H groups in total. The molecule has 0 aliphatic carbocycles. The number of pyridine rings is 1. The van der Waals surface area contributed by atoms with E-state index in [4.69, 9.17) is 11.6 Å². The Kier molecular flexibility index (Phi) is 6.94. The lowest BCUT2D eigenvalue weighted by Crippen LogP contribution is -2.21. The number of para-hydroxylation sites is 1. The van der Waals surface area contributed by atoms with Gasteiger partial charge in [-0.25, -0.2) is 5.43 Å². The van der Waals surface area contributed by atoms with E-state index in [1.165, 1.54) is 11.8 Å². The van der Waals surface area contributed by atoms with Gasteiger partial charge in [-0.3, -0.25) is 14.3 Å². The van der Waals surface area contributed by atoms with Crippen LogP contribution >= 0.6 is 23.4 Å². The zero-order valence-electron chi connectivity index (χ0n) is 17.1. The highest BCUT2D eigenvalue weighted by molar-refractivity contribution is 7.99. The van der Waals surface area contributed by atoms with E-state index in [1.54, 1.807) is 12.4 Å². The fourth-order valence-corrected chi connectivity index (χ4v) is 3.80. The van der Waals surface area contributed by atoms with Gasteiger partial charge in [0.05, 0.1) is 11.5 Å². The molecule has 0 fully saturated rings. The maximum absolute atomic E-state index is 12.4. The second-order valence-electron chi connectivity index (χ2n) is 6.74. The summed E-state index contributed by atoms with van der Waals surface area (Å²) in [7, 11) is 0. The molecular weight excluding hydrogens is 444 g/mol. The SMILES string of the molecule is C/C(=N/NC(=O)CSc1nnc(-c2ccc(Cl)cc2)n1-c1ccccc1)c1ccncc1. The largest absolute Gasteiger partial charge is 0.272 e. The molecule has 0 spiro atoms. The molecule has 4 rings (SSSR count). The molecule has 0 unspecified atom stereocenters. The highest BCUT2D eigenvalue weighted by atomic mass is 35.5. The van der Waals surface area contributed by atoms with Crippen LogP contribution in [0.3, 0.4) is 0 Å². The van der Waals surface area contributed by atoms with Crippen LogP contribution in [0.2, 0.25) is 5.02 Å². The molecular formula is C23H19ClN6OS. The molecule has 2 aromatic heterocycles. The summed E-state index contributed by atoms with van der Waals surface area (Å²) in [6.07, 6.45) is 3.36. The molecule has 0 atom stereocenters. The highest BCUT2D eigenvalue weighted by Gasteiger charge is 2.17. The molecule has 160 valence electrons. The summed E-state index contributed by atoms with van der Waals surface area (Å²) in [4.78, 5) is 16.4. The van der Waals surface area contributed by atoms with Crippen LogP contribution in [0, 0.1) is 0 Å². The minimum atomic E-state index is -0.237. The van der Waals surface area contributed by atoms with E-state index in [1.807, 2.05) is 78.2 Å². The summed E-state index contributed by atoms with van der Waals surface area (Å²) in [6, 6.07) is 20.8. The number of amides is 1. The van der Waals surface area contributed by atoms with Crippen molar-refractivity contribution in [1.29, 1.82) is 0 Å². The fraction of sp³-hybridized carbons (Fsp3) is 0.0870. The first-order valence-electron chi connectivity index (χ1n) is 9.75. The van der Waals surface area contributed by atoms with Crippen molar-refractivity contribution in [1.82, 2.24) is 25.2 Å². The number of nitrogens with one attached hydrogen (secondary N) is 1. The zero-order valence-corrected chi connectivity index (χ0v) is 18.7. The van der Waals surface area contributed by atoms with Crippen LogP contribution in [0.4, 0.5) is 0 Å². The van der Waals surface area contributed by atoms with Crippen LogP contribution in [0.25, 0.3) is 17.1 Å². The van der Waals surface area contributed by atoms with Gasteiger partial charge >= 0.3 is 0 Å². The van der Waals surface area contributed by atoms with Gasteiger partial charge in [-0.1, -0.05) is 41.6 Å². The summed E-state index contributed by atoms with van der Waals surface area (Å²) in [6.45, 7) is 1.83. The number of nitrogens with zero attached hydrogens (tertiary/aromatic N) is 5. The Morgan fingerprint density at radius 1 is 1.03 bits per heavy atom. The van der Waals surface area contributed by atoms with Crippen molar-refractivity contribution in [2.45, 2.75) is 12.1 Å². The van der Waals surface area contributed by atoms with Crippen molar-refractivity contribution >= 4 is 35.0 Å². The Hall–Kier alpha value is -3.49. The fourth-order valence-electron chi connectivity index (χ4n) is 2.93. The highest BCUT2D eigenvalue weighted by Crippen LogP contribution is 2.28. The number of hydrogen-bond donors (Lipinski definition) is 1. The molecule has 7 nitrogen and oxygen atoms in total. The van der Waals surface area contributed by atoms with Crippen molar-refractivity contribution in [2.75, 3.05) is 5.75 Å². The van der Waals surface area contributed by atoms with Crippen molar-refractivity contribution in [2.24, 2.45) is 5.10 Å². The first kappa shape index (κ1) is 21.7. The molecule has 2 heterocycles. The normalized spacial score (nSPS) is 11.4. The minimum Gasteiger partial charge on any atom is -0.272 e. The number of hydrogen-bond acceptors (Lipinski definition) is 6. The van der Waals surface area contributed by atoms with Gasteiger partial charge in [0.25, 0.3) is 5.91 Å². The Morgan fingerprint density at radius 3 is 2.47 bits per heavy atom. The van der Waals surface area contributed by atoms with Gasteiger partial charge in [0.1, 0.15) is 0 Å². The number of hydrazone groups is 1. The Morgan fingerprint density at radius 2 is 1.75 bits per heavy atom. The number of carbonyl (C=O) groups excluding carboxylic acids is 1. The van der Waals surface area contributed by atoms with Crippen molar-refractivity contribution in [3.63, 3.8) is 0 Å². The van der Waals surface area contributed by atoms with E-state index >= 15 is 0 Å². The number of benzene rings is 2. The molecule has 0 aliphatic rings. The predicted molar refractivity (Wildman–Crippen MR) is 127 cm³/mol. The molecule has 0 saturated carbocycles. The lowest BCUT2D eigenvalue weighted by molar-refractivity contribution is -0.118. The van der Waals surface area contributed by atoms with Crippen molar-refractivity contribution < 1.29 is 4.79 Å². The maximum Gasteiger partial charge on any atom is 0.250 e. The lowest BCUT2D eigenvalue weighted by atomic mass is 10.2. The second-order valence-corrected chi connectivity index (χ2v) is 8.12. The van der Waals surface area contributed by atoms with Gasteiger partial charge < -0.3 is 0 Å². The molecule has 4 aromatic rings. The number of halogens is 1. The van der Waals surface area contributed by atoms with E-state index in [0.717, 1.165) is 16.8 Å². The molecule has 1 amide bonds. The second kappa shape index (κ2) is 10.2. The van der Waals surface area contributed by atoms with Crippen LogP contribution in [0.15, 0.2) is 89.4 Å². The number of aromatic nitrogens is 4. The molecule has 0 aliphatic heterocycles. The van der Waals surface area contributed by atoms with Crippen LogP contribution in [-0.4, -0.2) is 37.1 Å². The predicted octanol–water partition coefficient (Wildman–Crippen LogP) is 4.62. The van der Waals surface area contributed by atoms with E-state index in [9.17, 15) is 4.79 Å². The average Bonchev–Trinajstić information content (AvgIpc) is 3.26. The standard InChI is InChI=1S/C23H19ClN6OS/c1-16(17-11-13-25-14-12-17)26-27-21(31)15-32-23-29-28-22(18-7-9-19(24)10-8-18)30(23)20-5-3-2-4-6-20/h2-14H,15H2,1H3,(H,27,31)/b26-16-. The third-order valence-corrected chi connectivity index (χ3v) is 5.71. The summed E-state index contributed by atoms with van der Waals surface area (Å²) in [5.74, 6) is 0.569. The van der Waals surface area contributed by atoms with Gasteiger partial charge in [0, 0.05) is 34.2 Å². The van der Waals surface area contributed by atoms with Crippen LogP contribution in [0.5, 0.6) is 0 Å². The zero-order chi connectivity index (χ0) is 22.3. The molecule has 2 aromatic carbocycles. The maximum atomic E-state index is 12.4. The topological polar surface area (TPSA) is 85.1 Å². The monoisotopic (exact) mass is 462 g/mol. The average molecular weight is 463 g/mol. The summed E-state index contributed by atoms with van der Waals surface area (Å²) >= 11 is 7.32. The Labute approximate surface area is 194 Å². The van der Waals surface area contributed by atoms with Crippen LogP contribution in [0.1, 0.15) is 12.5 Å². The minimum absolute atomic E-state index is 0.138. The quantitative estimate of drug-likeness (QED) is 0.246. The summed E-state index contributed by atoms with van der Waals surface area (Å²) < 4.78 is 1.92. The molecule has 9 heteroatoms. The Balaban J connectivity index is 1.52. The van der Waals surface area contributed by atoms with E-state index in [2.05, 4.69) is 25.7 Å². The van der Waals surface area contributed by atoms with Gasteiger partial charge in [-0.05, 0) is 55.5 Å². The molecule has 32 heavy (non-hydrogen) atoms. The van der Waals surface area contributed by atoms with E-state index in [-0.39, 0.29) is 11.7 Å². The first-order valence-corrected chi connectivity index (χ1v) is 11.1. The van der Waals surface area contributed by atoms with Crippen molar-refractivity contribution in [3.8, 4) is 17.1 Å². The third-order valence-electron chi connectivity index (χ3n) is 4.53. The van der Waals surface area contributed by atoms with Crippen LogP contribution < -0.4 is 5.43 Å². The number of thioether (sulfide) groups is 1. The number of rotatable bonds is 7. The molecule has 0 radical (unpaired) electrons. The van der Waals surface area contributed by atoms with Gasteiger partial charge in [-0.2, -0.15) is 5.10 Å². The van der Waals surface area contributed by atoms with E-state index in [0.29, 0.717) is 21.7 Å². The van der Waals surface area contributed by atoms with E-state index < -0.39 is 0 Å². The smallest absolute Gasteiger partial charge is 0.250 e. The Bertz CT molecular complexity index is 1230.